The molecule has 0 saturated heterocycles. The van der Waals surface area contributed by atoms with Gasteiger partial charge in [-0.05, 0) is 36.4 Å². The summed E-state index contributed by atoms with van der Waals surface area (Å²) in [5, 5.41) is 2.16. The minimum atomic E-state index is 0.808. The number of aromatic nitrogens is 4. The summed E-state index contributed by atoms with van der Waals surface area (Å²) < 4.78 is 2.12. The van der Waals surface area contributed by atoms with Crippen LogP contribution in [-0.4, -0.2) is 19.4 Å². The lowest BCUT2D eigenvalue weighted by Crippen LogP contribution is -1.99. The largest absolute Gasteiger partial charge is 0.274 e. The van der Waals surface area contributed by atoms with Crippen molar-refractivity contribution in [2.24, 2.45) is 0 Å². The fraction of sp³-hybridized carbons (Fsp3) is 0. The zero-order chi connectivity index (χ0) is 17.8. The Bertz CT molecular complexity index is 1480. The molecule has 6 aromatic rings. The van der Waals surface area contributed by atoms with E-state index in [0.29, 0.717) is 0 Å². The molecular weight excluding hydrogens is 332 g/mol. The van der Waals surface area contributed by atoms with Gasteiger partial charge in [0.2, 0.25) is 0 Å². The van der Waals surface area contributed by atoms with Crippen LogP contribution in [0.5, 0.6) is 0 Å². The highest BCUT2D eigenvalue weighted by molar-refractivity contribution is 5.98. The smallest absolute Gasteiger partial charge is 0.165 e. The number of hydrogen-bond donors (Lipinski definition) is 0. The fourth-order valence-electron chi connectivity index (χ4n) is 3.71. The fourth-order valence-corrected chi connectivity index (χ4v) is 3.71. The van der Waals surface area contributed by atoms with E-state index in [1.807, 2.05) is 60.7 Å². The Morgan fingerprint density at radius 2 is 1.30 bits per heavy atom. The summed E-state index contributed by atoms with van der Waals surface area (Å²) in [5.74, 6) is 0.808. The maximum Gasteiger partial charge on any atom is 0.165 e. The molecule has 4 heteroatoms. The topological polar surface area (TPSA) is 43.1 Å². The Hall–Kier alpha value is -3.79. The number of imidazole rings is 1. The van der Waals surface area contributed by atoms with Crippen molar-refractivity contribution in [3.63, 3.8) is 0 Å². The van der Waals surface area contributed by atoms with E-state index in [4.69, 9.17) is 15.0 Å². The first-order chi connectivity index (χ1) is 13.4. The molecule has 0 radical (unpaired) electrons. The summed E-state index contributed by atoms with van der Waals surface area (Å²) in [5.41, 5.74) is 5.63. The SMILES string of the molecule is c1ccc2nc(-c3nc4ccccc4c4nc5ccccc5n34)ccc2c1. The van der Waals surface area contributed by atoms with Gasteiger partial charge in [-0.25, -0.2) is 15.0 Å². The second-order valence-electron chi connectivity index (χ2n) is 6.60. The van der Waals surface area contributed by atoms with E-state index in [0.717, 1.165) is 50.0 Å². The zero-order valence-corrected chi connectivity index (χ0v) is 14.4. The molecule has 0 atom stereocenters. The monoisotopic (exact) mass is 346 g/mol. The van der Waals surface area contributed by atoms with Crippen molar-refractivity contribution in [2.75, 3.05) is 0 Å². The number of fused-ring (bicyclic) bond motifs is 6. The van der Waals surface area contributed by atoms with Gasteiger partial charge >= 0.3 is 0 Å². The third-order valence-electron chi connectivity index (χ3n) is 4.97. The van der Waals surface area contributed by atoms with E-state index in [9.17, 15) is 0 Å². The van der Waals surface area contributed by atoms with Crippen LogP contribution in [0.1, 0.15) is 0 Å². The molecule has 0 aliphatic rings. The Labute approximate surface area is 154 Å². The highest BCUT2D eigenvalue weighted by atomic mass is 15.1. The molecular formula is C23H14N4. The van der Waals surface area contributed by atoms with E-state index >= 15 is 0 Å². The summed E-state index contributed by atoms with van der Waals surface area (Å²) in [6, 6.07) is 28.6. The molecule has 0 saturated carbocycles. The minimum Gasteiger partial charge on any atom is -0.274 e. The molecule has 4 nitrogen and oxygen atoms in total. The van der Waals surface area contributed by atoms with Crippen LogP contribution in [0.2, 0.25) is 0 Å². The number of para-hydroxylation sites is 4. The average Bonchev–Trinajstić information content (AvgIpc) is 3.13. The van der Waals surface area contributed by atoms with Gasteiger partial charge in [0, 0.05) is 10.8 Å². The molecule has 27 heavy (non-hydrogen) atoms. The van der Waals surface area contributed by atoms with Crippen molar-refractivity contribution in [1.29, 1.82) is 0 Å². The summed E-state index contributed by atoms with van der Waals surface area (Å²) in [4.78, 5) is 14.7. The van der Waals surface area contributed by atoms with E-state index in [2.05, 4.69) is 28.7 Å². The first-order valence-electron chi connectivity index (χ1n) is 8.91. The lowest BCUT2D eigenvalue weighted by Gasteiger charge is -2.09. The van der Waals surface area contributed by atoms with Crippen LogP contribution < -0.4 is 0 Å². The van der Waals surface area contributed by atoms with Gasteiger partial charge in [0.1, 0.15) is 11.3 Å². The maximum atomic E-state index is 4.96. The molecule has 0 N–H and O–H groups in total. The molecule has 0 unspecified atom stereocenters. The van der Waals surface area contributed by atoms with Crippen LogP contribution in [-0.2, 0) is 0 Å². The van der Waals surface area contributed by atoms with Crippen molar-refractivity contribution in [2.45, 2.75) is 0 Å². The van der Waals surface area contributed by atoms with E-state index in [1.165, 1.54) is 0 Å². The first-order valence-corrected chi connectivity index (χ1v) is 8.91. The number of benzene rings is 3. The van der Waals surface area contributed by atoms with Gasteiger partial charge in [-0.3, -0.25) is 4.40 Å². The molecule has 0 fully saturated rings. The second kappa shape index (κ2) is 5.35. The van der Waals surface area contributed by atoms with Crippen LogP contribution in [0.4, 0.5) is 0 Å². The van der Waals surface area contributed by atoms with Crippen LogP contribution in [0.3, 0.4) is 0 Å². The van der Waals surface area contributed by atoms with Gasteiger partial charge < -0.3 is 0 Å². The summed E-state index contributed by atoms with van der Waals surface area (Å²) in [6.45, 7) is 0. The summed E-state index contributed by atoms with van der Waals surface area (Å²) in [6.07, 6.45) is 0. The van der Waals surface area contributed by atoms with E-state index < -0.39 is 0 Å². The number of rotatable bonds is 1. The van der Waals surface area contributed by atoms with Gasteiger partial charge in [0.05, 0.1) is 22.1 Å². The third kappa shape index (κ3) is 2.07. The van der Waals surface area contributed by atoms with E-state index in [-0.39, 0.29) is 0 Å². The number of nitrogens with zero attached hydrogens (tertiary/aromatic N) is 4. The predicted molar refractivity (Wildman–Crippen MR) is 109 cm³/mol. The molecule has 6 rings (SSSR count). The molecule has 3 aromatic heterocycles. The second-order valence-corrected chi connectivity index (χ2v) is 6.60. The highest BCUT2D eigenvalue weighted by Crippen LogP contribution is 2.29. The zero-order valence-electron chi connectivity index (χ0n) is 14.4. The van der Waals surface area contributed by atoms with Gasteiger partial charge in [-0.15, -0.1) is 0 Å². The Morgan fingerprint density at radius 3 is 2.22 bits per heavy atom. The van der Waals surface area contributed by atoms with Crippen LogP contribution in [0.25, 0.3) is 50.0 Å². The Kier molecular flexibility index (Phi) is 2.85. The van der Waals surface area contributed by atoms with Gasteiger partial charge in [-0.2, -0.15) is 0 Å². The standard InChI is InChI=1S/C23H14N4/c1-3-9-17-15(7-1)13-14-20(24-17)23-25-18-10-4-2-8-16(18)22-26-19-11-5-6-12-21(19)27(22)23/h1-14H. The highest BCUT2D eigenvalue weighted by Gasteiger charge is 2.15. The normalized spacial score (nSPS) is 11.7. The Balaban J connectivity index is 1.80. The molecule has 126 valence electrons. The maximum absolute atomic E-state index is 4.96. The molecule has 0 spiro atoms. The average molecular weight is 346 g/mol. The predicted octanol–water partition coefficient (Wildman–Crippen LogP) is 5.25. The molecule has 3 heterocycles. The molecule has 0 amide bonds. The first kappa shape index (κ1) is 14.4. The molecule has 0 aliphatic carbocycles. The molecule has 0 bridgehead atoms. The van der Waals surface area contributed by atoms with E-state index in [1.54, 1.807) is 0 Å². The van der Waals surface area contributed by atoms with Crippen molar-refractivity contribution < 1.29 is 0 Å². The van der Waals surface area contributed by atoms with Gasteiger partial charge in [0.25, 0.3) is 0 Å². The minimum absolute atomic E-state index is 0.808. The number of pyridine rings is 1. The van der Waals surface area contributed by atoms with Crippen LogP contribution >= 0.6 is 0 Å². The lowest BCUT2D eigenvalue weighted by molar-refractivity contribution is 1.14. The lowest BCUT2D eigenvalue weighted by atomic mass is 10.2. The number of hydrogen-bond acceptors (Lipinski definition) is 3. The van der Waals surface area contributed by atoms with Gasteiger partial charge in [0.15, 0.2) is 5.82 Å². The van der Waals surface area contributed by atoms with Crippen molar-refractivity contribution in [3.05, 3.63) is 84.9 Å². The summed E-state index contributed by atoms with van der Waals surface area (Å²) in [7, 11) is 0. The Morgan fingerprint density at radius 1 is 0.556 bits per heavy atom. The van der Waals surface area contributed by atoms with Crippen LogP contribution in [0.15, 0.2) is 84.9 Å². The molecule has 0 aliphatic heterocycles. The quantitative estimate of drug-likeness (QED) is 0.408. The van der Waals surface area contributed by atoms with Crippen molar-refractivity contribution >= 4 is 38.5 Å². The van der Waals surface area contributed by atoms with Crippen LogP contribution in [0, 0.1) is 0 Å². The third-order valence-corrected chi connectivity index (χ3v) is 4.97. The van der Waals surface area contributed by atoms with Gasteiger partial charge in [-0.1, -0.05) is 48.5 Å². The summed E-state index contributed by atoms with van der Waals surface area (Å²) >= 11 is 0. The van der Waals surface area contributed by atoms with Crippen molar-refractivity contribution in [1.82, 2.24) is 19.4 Å². The molecule has 3 aromatic carbocycles. The van der Waals surface area contributed by atoms with Crippen molar-refractivity contribution in [3.8, 4) is 11.5 Å².